The van der Waals surface area contributed by atoms with Gasteiger partial charge in [-0.05, 0) is 36.4 Å². The number of benzene rings is 2. The lowest BCUT2D eigenvalue weighted by Crippen LogP contribution is -2.52. The van der Waals surface area contributed by atoms with Crippen molar-refractivity contribution in [3.63, 3.8) is 0 Å². The molecule has 2 aliphatic rings. The first-order valence-corrected chi connectivity index (χ1v) is 9.97. The molecule has 2 heterocycles. The Hall–Kier alpha value is -3.42. The number of nitrogens with one attached hydrogen (secondary N) is 1. The van der Waals surface area contributed by atoms with E-state index in [1.54, 1.807) is 24.1 Å². The molecule has 0 saturated carbocycles. The molecule has 0 spiro atoms. The molecule has 1 N–H and O–H groups in total. The van der Waals surface area contributed by atoms with Crippen molar-refractivity contribution in [2.24, 2.45) is 0 Å². The summed E-state index contributed by atoms with van der Waals surface area (Å²) in [6.45, 7) is 2.76. The molecular formula is C22H25N3O5. The van der Waals surface area contributed by atoms with Crippen molar-refractivity contribution < 1.29 is 23.8 Å². The molecule has 2 amide bonds. The predicted molar refractivity (Wildman–Crippen MR) is 111 cm³/mol. The summed E-state index contributed by atoms with van der Waals surface area (Å²) < 4.78 is 16.4. The smallest absolute Gasteiger partial charge is 0.265 e. The number of hydrogen-bond donors (Lipinski definition) is 1. The Morgan fingerprint density at radius 2 is 1.73 bits per heavy atom. The maximum absolute atomic E-state index is 12.5. The van der Waals surface area contributed by atoms with E-state index >= 15 is 0 Å². The van der Waals surface area contributed by atoms with E-state index in [0.717, 1.165) is 24.5 Å². The fourth-order valence-electron chi connectivity index (χ4n) is 3.54. The molecule has 2 aromatic rings. The van der Waals surface area contributed by atoms with Crippen LogP contribution in [0.3, 0.4) is 0 Å². The maximum atomic E-state index is 12.5. The normalized spacial score (nSPS) is 18.0. The zero-order valence-electron chi connectivity index (χ0n) is 16.9. The molecule has 2 aromatic carbocycles. The van der Waals surface area contributed by atoms with Crippen LogP contribution in [0.5, 0.6) is 17.2 Å². The first-order valence-electron chi connectivity index (χ1n) is 9.97. The Balaban J connectivity index is 1.23. The molecule has 0 unspecified atom stereocenters. The summed E-state index contributed by atoms with van der Waals surface area (Å²) in [5.74, 6) is 1.51. The highest BCUT2D eigenvalue weighted by atomic mass is 16.6. The summed E-state index contributed by atoms with van der Waals surface area (Å²) in [5, 5.41) is 2.67. The number of hydrogen-bond acceptors (Lipinski definition) is 6. The topological polar surface area (TPSA) is 80.3 Å². The number of anilines is 1. The van der Waals surface area contributed by atoms with E-state index in [4.69, 9.17) is 14.2 Å². The van der Waals surface area contributed by atoms with Crippen LogP contribution in [0.15, 0.2) is 48.5 Å². The first-order chi connectivity index (χ1) is 14.6. The summed E-state index contributed by atoms with van der Waals surface area (Å²) in [4.78, 5) is 28.9. The van der Waals surface area contributed by atoms with Gasteiger partial charge in [0, 0.05) is 31.9 Å². The highest BCUT2D eigenvalue weighted by Gasteiger charge is 2.28. The molecule has 1 saturated heterocycles. The quantitative estimate of drug-likeness (QED) is 0.799. The second kappa shape index (κ2) is 8.94. The number of rotatable bonds is 5. The Bertz CT molecular complexity index is 894. The number of amides is 2. The van der Waals surface area contributed by atoms with Crippen molar-refractivity contribution in [2.45, 2.75) is 6.10 Å². The number of methoxy groups -OCH3 is 1. The van der Waals surface area contributed by atoms with Crippen LogP contribution in [0.2, 0.25) is 0 Å². The highest BCUT2D eigenvalue weighted by molar-refractivity contribution is 5.87. The van der Waals surface area contributed by atoms with Crippen molar-refractivity contribution in [3.05, 3.63) is 48.5 Å². The van der Waals surface area contributed by atoms with Gasteiger partial charge in [0.1, 0.15) is 12.4 Å². The zero-order chi connectivity index (χ0) is 20.9. The molecule has 1 atom stereocenters. The molecule has 0 bridgehead atoms. The summed E-state index contributed by atoms with van der Waals surface area (Å²) in [6, 6.07) is 15.1. The van der Waals surface area contributed by atoms with Gasteiger partial charge in [-0.3, -0.25) is 9.59 Å². The molecular weight excluding hydrogens is 386 g/mol. The van der Waals surface area contributed by atoms with Crippen molar-refractivity contribution in [3.8, 4) is 17.2 Å². The number of ether oxygens (including phenoxy) is 3. The second-order valence-electron chi connectivity index (χ2n) is 7.15. The van der Waals surface area contributed by atoms with Gasteiger partial charge in [-0.15, -0.1) is 0 Å². The number of nitrogens with zero attached hydrogens (tertiary/aromatic N) is 2. The van der Waals surface area contributed by atoms with E-state index in [-0.39, 0.29) is 25.0 Å². The van der Waals surface area contributed by atoms with Gasteiger partial charge in [0.25, 0.3) is 5.91 Å². The van der Waals surface area contributed by atoms with E-state index in [2.05, 4.69) is 10.2 Å². The van der Waals surface area contributed by atoms with Gasteiger partial charge in [0.15, 0.2) is 11.5 Å². The molecule has 8 nitrogen and oxygen atoms in total. The van der Waals surface area contributed by atoms with Crippen molar-refractivity contribution in [1.29, 1.82) is 0 Å². The third-order valence-corrected chi connectivity index (χ3v) is 5.28. The van der Waals surface area contributed by atoms with Gasteiger partial charge >= 0.3 is 0 Å². The van der Waals surface area contributed by atoms with Crippen molar-refractivity contribution in [2.75, 3.05) is 51.3 Å². The standard InChI is InChI=1S/C22H25N3O5/c1-28-17-8-6-16(7-9-17)24-10-12-25(13-11-24)21(26)14-23-22(27)20-15-29-18-4-2-3-5-19(18)30-20/h2-9,20H,10-15H2,1H3,(H,23,27)/t20-/m1/s1. The molecule has 8 heteroatoms. The van der Waals surface area contributed by atoms with Crippen LogP contribution >= 0.6 is 0 Å². The third-order valence-electron chi connectivity index (χ3n) is 5.28. The first kappa shape index (κ1) is 19.9. The molecule has 0 aromatic heterocycles. The minimum Gasteiger partial charge on any atom is -0.497 e. The number of carbonyl (C=O) groups is 2. The molecule has 158 valence electrons. The van der Waals surface area contributed by atoms with Gasteiger partial charge in [0.05, 0.1) is 13.7 Å². The van der Waals surface area contributed by atoms with Gasteiger partial charge in [-0.25, -0.2) is 0 Å². The Kier molecular flexibility index (Phi) is 5.92. The fraction of sp³-hybridized carbons (Fsp3) is 0.364. The van der Waals surface area contributed by atoms with Crippen molar-refractivity contribution >= 4 is 17.5 Å². The highest BCUT2D eigenvalue weighted by Crippen LogP contribution is 2.30. The zero-order valence-corrected chi connectivity index (χ0v) is 16.9. The molecule has 0 aliphatic carbocycles. The van der Waals surface area contributed by atoms with Crippen LogP contribution in [0.4, 0.5) is 5.69 Å². The van der Waals surface area contributed by atoms with Crippen molar-refractivity contribution in [1.82, 2.24) is 10.2 Å². The van der Waals surface area contributed by atoms with Crippen LogP contribution in [0.25, 0.3) is 0 Å². The lowest BCUT2D eigenvalue weighted by molar-refractivity contribution is -0.136. The van der Waals surface area contributed by atoms with E-state index < -0.39 is 6.10 Å². The minimum atomic E-state index is -0.764. The van der Waals surface area contributed by atoms with E-state index in [1.807, 2.05) is 36.4 Å². The summed E-state index contributed by atoms with van der Waals surface area (Å²) in [5.41, 5.74) is 1.10. The van der Waals surface area contributed by atoms with Crippen LogP contribution in [-0.2, 0) is 9.59 Å². The van der Waals surface area contributed by atoms with E-state index in [1.165, 1.54) is 0 Å². The lowest BCUT2D eigenvalue weighted by atomic mass is 10.2. The molecule has 0 radical (unpaired) electrons. The average molecular weight is 411 g/mol. The molecule has 2 aliphatic heterocycles. The van der Waals surface area contributed by atoms with Crippen LogP contribution in [0, 0.1) is 0 Å². The number of carbonyl (C=O) groups excluding carboxylic acids is 2. The predicted octanol–water partition coefficient (Wildman–Crippen LogP) is 1.30. The van der Waals surface area contributed by atoms with Crippen LogP contribution in [-0.4, -0.2) is 69.3 Å². The van der Waals surface area contributed by atoms with E-state index in [0.29, 0.717) is 24.6 Å². The number of para-hydroxylation sites is 2. The lowest BCUT2D eigenvalue weighted by Gasteiger charge is -2.36. The largest absolute Gasteiger partial charge is 0.497 e. The number of piperazine rings is 1. The summed E-state index contributed by atoms with van der Waals surface area (Å²) in [6.07, 6.45) is -0.764. The van der Waals surface area contributed by atoms with Gasteiger partial charge in [-0.2, -0.15) is 0 Å². The average Bonchev–Trinajstić information content (AvgIpc) is 2.82. The van der Waals surface area contributed by atoms with Crippen LogP contribution in [0.1, 0.15) is 0 Å². The Morgan fingerprint density at radius 3 is 2.43 bits per heavy atom. The third kappa shape index (κ3) is 4.42. The Morgan fingerprint density at radius 1 is 1.03 bits per heavy atom. The maximum Gasteiger partial charge on any atom is 0.265 e. The second-order valence-corrected chi connectivity index (χ2v) is 7.15. The monoisotopic (exact) mass is 411 g/mol. The summed E-state index contributed by atoms with van der Waals surface area (Å²) >= 11 is 0. The van der Waals surface area contributed by atoms with E-state index in [9.17, 15) is 9.59 Å². The van der Waals surface area contributed by atoms with Gasteiger partial charge in [0.2, 0.25) is 12.0 Å². The van der Waals surface area contributed by atoms with Crippen LogP contribution < -0.4 is 24.4 Å². The SMILES string of the molecule is COc1ccc(N2CCN(C(=O)CNC(=O)[C@H]3COc4ccccc4O3)CC2)cc1. The summed E-state index contributed by atoms with van der Waals surface area (Å²) in [7, 11) is 1.64. The molecule has 4 rings (SSSR count). The number of fused-ring (bicyclic) bond motifs is 1. The Labute approximate surface area is 175 Å². The van der Waals surface area contributed by atoms with Gasteiger partial charge in [-0.1, -0.05) is 12.1 Å². The van der Waals surface area contributed by atoms with Gasteiger partial charge < -0.3 is 29.3 Å². The molecule has 30 heavy (non-hydrogen) atoms. The fourth-order valence-corrected chi connectivity index (χ4v) is 3.54. The minimum absolute atomic E-state index is 0.0527. The molecule has 1 fully saturated rings.